The Bertz CT molecular complexity index is 217. The van der Waals surface area contributed by atoms with Crippen LogP contribution in [0.15, 0.2) is 0 Å². The predicted molar refractivity (Wildman–Crippen MR) is 57.8 cm³/mol. The van der Waals surface area contributed by atoms with Gasteiger partial charge in [-0.2, -0.15) is 0 Å². The molecule has 0 aromatic carbocycles. The highest BCUT2D eigenvalue weighted by molar-refractivity contribution is 5.83. The Labute approximate surface area is 86.4 Å². The maximum atomic E-state index is 11.1. The van der Waals surface area contributed by atoms with E-state index in [1.165, 1.54) is 12.8 Å². The summed E-state index contributed by atoms with van der Waals surface area (Å²) in [6.45, 7) is 8.19. The highest BCUT2D eigenvalue weighted by atomic mass is 16.1. The van der Waals surface area contributed by atoms with Crippen molar-refractivity contribution in [2.75, 3.05) is 0 Å². The van der Waals surface area contributed by atoms with Gasteiger partial charge >= 0.3 is 0 Å². The van der Waals surface area contributed by atoms with Gasteiger partial charge in [0.15, 0.2) is 0 Å². The molecule has 82 valence electrons. The fourth-order valence-electron chi connectivity index (χ4n) is 1.91. The Morgan fingerprint density at radius 2 is 1.93 bits per heavy atom. The minimum Gasteiger partial charge on any atom is -0.368 e. The molecule has 0 aromatic heterocycles. The molecular formula is C11H22N2O. The van der Waals surface area contributed by atoms with Crippen molar-refractivity contribution in [2.45, 2.75) is 52.1 Å². The lowest BCUT2D eigenvalue weighted by Crippen LogP contribution is -2.58. The van der Waals surface area contributed by atoms with E-state index in [9.17, 15) is 4.79 Å². The van der Waals surface area contributed by atoms with Crippen molar-refractivity contribution in [1.29, 1.82) is 0 Å². The second-order valence-corrected chi connectivity index (χ2v) is 5.31. The number of hydrogen-bond donors (Lipinski definition) is 2. The molecular weight excluding hydrogens is 176 g/mol. The molecule has 14 heavy (non-hydrogen) atoms. The first kappa shape index (κ1) is 11.5. The monoisotopic (exact) mass is 198 g/mol. The van der Waals surface area contributed by atoms with Gasteiger partial charge in [-0.25, -0.2) is 0 Å². The zero-order valence-corrected chi connectivity index (χ0v) is 9.63. The predicted octanol–water partition coefficient (Wildman–Crippen LogP) is 1.27. The van der Waals surface area contributed by atoms with Crippen LogP contribution in [-0.2, 0) is 4.79 Å². The maximum absolute atomic E-state index is 11.1. The molecule has 0 aliphatic heterocycles. The number of nitrogens with one attached hydrogen (secondary N) is 1. The van der Waals surface area contributed by atoms with Crippen LogP contribution < -0.4 is 11.1 Å². The third-order valence-electron chi connectivity index (χ3n) is 3.30. The first-order valence-corrected chi connectivity index (χ1v) is 5.40. The number of hydrogen-bond acceptors (Lipinski definition) is 2. The fourth-order valence-corrected chi connectivity index (χ4v) is 1.91. The summed E-state index contributed by atoms with van der Waals surface area (Å²) in [5, 5.41) is 3.30. The lowest BCUT2D eigenvalue weighted by molar-refractivity contribution is -0.123. The van der Waals surface area contributed by atoms with Gasteiger partial charge in [0, 0.05) is 6.04 Å². The van der Waals surface area contributed by atoms with Crippen molar-refractivity contribution in [2.24, 2.45) is 17.6 Å². The molecule has 0 heterocycles. The van der Waals surface area contributed by atoms with Crippen LogP contribution in [0.2, 0.25) is 0 Å². The number of amides is 1. The molecule has 3 N–H and O–H groups in total. The van der Waals surface area contributed by atoms with Crippen molar-refractivity contribution in [1.82, 2.24) is 5.32 Å². The average Bonchev–Trinajstić information content (AvgIpc) is 1.94. The van der Waals surface area contributed by atoms with Gasteiger partial charge in [-0.15, -0.1) is 0 Å². The second-order valence-electron chi connectivity index (χ2n) is 5.31. The Kier molecular flexibility index (Phi) is 3.20. The Balaban J connectivity index is 2.32. The molecule has 1 saturated carbocycles. The lowest BCUT2D eigenvalue weighted by atomic mass is 9.73. The first-order chi connectivity index (χ1) is 6.33. The molecule has 0 bridgehead atoms. The van der Waals surface area contributed by atoms with Gasteiger partial charge in [-0.3, -0.25) is 4.79 Å². The van der Waals surface area contributed by atoms with Crippen LogP contribution in [-0.4, -0.2) is 17.5 Å². The van der Waals surface area contributed by atoms with Gasteiger partial charge in [0.25, 0.3) is 0 Å². The van der Waals surface area contributed by atoms with Crippen LogP contribution in [0, 0.1) is 11.8 Å². The summed E-state index contributed by atoms with van der Waals surface area (Å²) in [5.41, 5.74) is 4.73. The van der Waals surface area contributed by atoms with Crippen LogP contribution >= 0.6 is 0 Å². The normalized spacial score (nSPS) is 27.5. The molecule has 0 radical (unpaired) electrons. The standard InChI is InChI=1S/C11H22N2O/c1-7(2)8-5-9(6-8)13-11(3,4)10(12)14/h7-9,13H,5-6H2,1-4H3,(H2,12,14). The minimum absolute atomic E-state index is 0.273. The molecule has 3 heteroatoms. The minimum atomic E-state index is -0.563. The molecule has 1 amide bonds. The summed E-state index contributed by atoms with van der Waals surface area (Å²) in [7, 11) is 0. The van der Waals surface area contributed by atoms with E-state index in [-0.39, 0.29) is 5.91 Å². The molecule has 1 aliphatic rings. The number of nitrogens with two attached hydrogens (primary N) is 1. The largest absolute Gasteiger partial charge is 0.368 e. The molecule has 0 unspecified atom stereocenters. The number of primary amides is 1. The van der Waals surface area contributed by atoms with Crippen molar-refractivity contribution < 1.29 is 4.79 Å². The van der Waals surface area contributed by atoms with Gasteiger partial charge in [0.1, 0.15) is 0 Å². The maximum Gasteiger partial charge on any atom is 0.237 e. The Morgan fingerprint density at radius 1 is 1.43 bits per heavy atom. The smallest absolute Gasteiger partial charge is 0.237 e. The van der Waals surface area contributed by atoms with Crippen molar-refractivity contribution in [3.63, 3.8) is 0 Å². The zero-order chi connectivity index (χ0) is 10.9. The summed E-state index contributed by atoms with van der Waals surface area (Å²) in [6.07, 6.45) is 2.35. The van der Waals surface area contributed by atoms with Crippen LogP contribution in [0.1, 0.15) is 40.5 Å². The molecule has 0 saturated heterocycles. The van der Waals surface area contributed by atoms with E-state index >= 15 is 0 Å². The van der Waals surface area contributed by atoms with Gasteiger partial charge in [0.2, 0.25) is 5.91 Å². The quantitative estimate of drug-likeness (QED) is 0.715. The number of carbonyl (C=O) groups excluding carboxylic acids is 1. The SMILES string of the molecule is CC(C)C1CC(NC(C)(C)C(N)=O)C1. The van der Waals surface area contributed by atoms with Crippen molar-refractivity contribution in [3.05, 3.63) is 0 Å². The van der Waals surface area contributed by atoms with E-state index in [4.69, 9.17) is 5.73 Å². The van der Waals surface area contributed by atoms with Gasteiger partial charge < -0.3 is 11.1 Å². The Morgan fingerprint density at radius 3 is 2.29 bits per heavy atom. The molecule has 1 fully saturated rings. The molecule has 3 nitrogen and oxygen atoms in total. The van der Waals surface area contributed by atoms with E-state index < -0.39 is 5.54 Å². The third kappa shape index (κ3) is 2.47. The topological polar surface area (TPSA) is 55.1 Å². The van der Waals surface area contributed by atoms with Gasteiger partial charge in [0.05, 0.1) is 5.54 Å². The average molecular weight is 198 g/mol. The first-order valence-electron chi connectivity index (χ1n) is 5.40. The van der Waals surface area contributed by atoms with Crippen molar-refractivity contribution in [3.8, 4) is 0 Å². The van der Waals surface area contributed by atoms with E-state index in [0.29, 0.717) is 6.04 Å². The van der Waals surface area contributed by atoms with Crippen molar-refractivity contribution >= 4 is 5.91 Å². The summed E-state index contributed by atoms with van der Waals surface area (Å²) < 4.78 is 0. The van der Waals surface area contributed by atoms with Gasteiger partial charge in [-0.1, -0.05) is 13.8 Å². The van der Waals surface area contributed by atoms with E-state index in [1.807, 2.05) is 13.8 Å². The molecule has 1 aliphatic carbocycles. The van der Waals surface area contributed by atoms with Crippen LogP contribution in [0.3, 0.4) is 0 Å². The van der Waals surface area contributed by atoms with E-state index in [0.717, 1.165) is 11.8 Å². The van der Waals surface area contributed by atoms with Gasteiger partial charge in [-0.05, 0) is 38.5 Å². The molecule has 1 rings (SSSR count). The summed E-state index contributed by atoms with van der Waals surface area (Å²) in [5.74, 6) is 1.30. The third-order valence-corrected chi connectivity index (χ3v) is 3.30. The molecule has 0 atom stereocenters. The van der Waals surface area contributed by atoms with Crippen LogP contribution in [0.25, 0.3) is 0 Å². The zero-order valence-electron chi connectivity index (χ0n) is 9.63. The van der Waals surface area contributed by atoms with Crippen LogP contribution in [0.4, 0.5) is 0 Å². The second kappa shape index (κ2) is 3.89. The van der Waals surface area contributed by atoms with Crippen LogP contribution in [0.5, 0.6) is 0 Å². The summed E-state index contributed by atoms with van der Waals surface area (Å²) >= 11 is 0. The number of carbonyl (C=O) groups is 1. The number of rotatable bonds is 4. The molecule has 0 aromatic rings. The molecule has 0 spiro atoms. The summed E-state index contributed by atoms with van der Waals surface area (Å²) in [4.78, 5) is 11.1. The lowest BCUT2D eigenvalue weighted by Gasteiger charge is -2.42. The fraction of sp³-hybridized carbons (Fsp3) is 0.909. The van der Waals surface area contributed by atoms with E-state index in [2.05, 4.69) is 19.2 Å². The van der Waals surface area contributed by atoms with E-state index in [1.54, 1.807) is 0 Å². The highest BCUT2D eigenvalue weighted by Crippen LogP contribution is 2.34. The highest BCUT2D eigenvalue weighted by Gasteiger charge is 2.36. The Hall–Kier alpha value is -0.570. The summed E-state index contributed by atoms with van der Waals surface area (Å²) in [6, 6.07) is 0.477.